The van der Waals surface area contributed by atoms with Gasteiger partial charge in [0, 0.05) is 21.4 Å². The monoisotopic (exact) mass is 449 g/mol. The van der Waals surface area contributed by atoms with Crippen LogP contribution in [0.4, 0.5) is 0 Å². The summed E-state index contributed by atoms with van der Waals surface area (Å²) in [6.45, 7) is 4.88. The van der Waals surface area contributed by atoms with E-state index in [9.17, 15) is 8.42 Å². The van der Waals surface area contributed by atoms with E-state index in [1.807, 2.05) is 30.3 Å². The molecule has 9 heteroatoms. The molecule has 1 atom stereocenters. The van der Waals surface area contributed by atoms with Crippen LogP contribution >= 0.6 is 22.9 Å². The Morgan fingerprint density at radius 2 is 1.93 bits per heavy atom. The molecular formula is C20H20ClN3O3S2. The molecule has 2 N–H and O–H groups in total. The average molecular weight is 450 g/mol. The van der Waals surface area contributed by atoms with Crippen molar-refractivity contribution in [2.45, 2.75) is 31.1 Å². The van der Waals surface area contributed by atoms with Gasteiger partial charge in [0.2, 0.25) is 0 Å². The van der Waals surface area contributed by atoms with E-state index in [1.54, 1.807) is 33.0 Å². The van der Waals surface area contributed by atoms with Crippen LogP contribution in [0.1, 0.15) is 25.6 Å². The van der Waals surface area contributed by atoms with E-state index in [1.165, 1.54) is 11.3 Å². The molecule has 0 radical (unpaired) electrons. The summed E-state index contributed by atoms with van der Waals surface area (Å²) < 4.78 is 29.6. The fourth-order valence-corrected chi connectivity index (χ4v) is 6.81. The summed E-state index contributed by atoms with van der Waals surface area (Å²) in [4.78, 5) is 1.60. The molecule has 0 aliphatic carbocycles. The van der Waals surface area contributed by atoms with Crippen molar-refractivity contribution in [2.75, 3.05) is 5.75 Å². The first kappa shape index (κ1) is 20.1. The second-order valence-corrected chi connectivity index (χ2v) is 11.8. The molecule has 1 aliphatic heterocycles. The third kappa shape index (κ3) is 3.29. The van der Waals surface area contributed by atoms with E-state index >= 15 is 0 Å². The molecule has 6 nitrogen and oxygen atoms in total. The topological polar surface area (TPSA) is 96.1 Å². The molecule has 0 amide bonds. The van der Waals surface area contributed by atoms with Gasteiger partial charge in [-0.3, -0.25) is 5.41 Å². The minimum absolute atomic E-state index is 0.0235. The van der Waals surface area contributed by atoms with Crippen LogP contribution in [0.3, 0.4) is 0 Å². The van der Waals surface area contributed by atoms with Crippen LogP contribution in [0.15, 0.2) is 47.1 Å². The number of benzene rings is 1. The van der Waals surface area contributed by atoms with Gasteiger partial charge in [0.05, 0.1) is 22.5 Å². The fourth-order valence-electron chi connectivity index (χ4n) is 3.38. The number of thiophene rings is 1. The number of halogens is 1. The minimum Gasteiger partial charge on any atom is -0.362 e. The Balaban J connectivity index is 1.74. The van der Waals surface area contributed by atoms with Gasteiger partial charge >= 0.3 is 0 Å². The lowest BCUT2D eigenvalue weighted by atomic mass is 10.00. The van der Waals surface area contributed by atoms with Crippen molar-refractivity contribution >= 4 is 38.6 Å². The number of rotatable bonds is 3. The molecule has 1 fully saturated rings. The molecule has 4 rings (SSSR count). The van der Waals surface area contributed by atoms with E-state index in [-0.39, 0.29) is 11.6 Å². The van der Waals surface area contributed by atoms with Gasteiger partial charge in [0.1, 0.15) is 10.6 Å². The quantitative estimate of drug-likeness (QED) is 0.603. The molecule has 3 aromatic rings. The highest BCUT2D eigenvalue weighted by atomic mass is 35.5. The molecule has 0 bridgehead atoms. The molecule has 1 aliphatic rings. The molecule has 0 spiro atoms. The van der Waals surface area contributed by atoms with Crippen molar-refractivity contribution in [1.82, 2.24) is 10.5 Å². The lowest BCUT2D eigenvalue weighted by molar-refractivity contribution is 0.432. The standard InChI is InChI=1S/C20H20ClN3O3S2/c1-19(2)18(22)24-20(3,11-29(19,25)26)17-14(21)10-16(28-17)13-6-4-5-12(9-13)15-7-8-23-27-15/h4-10H,11H2,1-3H3,(H2,22,24)/t20-/m0/s1. The van der Waals surface area contributed by atoms with Gasteiger partial charge < -0.3 is 9.84 Å². The maximum atomic E-state index is 12.8. The largest absolute Gasteiger partial charge is 0.362 e. The summed E-state index contributed by atoms with van der Waals surface area (Å²) in [5.74, 6) is 0.509. The Kier molecular flexibility index (Phi) is 4.64. The zero-order valence-electron chi connectivity index (χ0n) is 16.1. The summed E-state index contributed by atoms with van der Waals surface area (Å²) in [7, 11) is -3.53. The summed E-state index contributed by atoms with van der Waals surface area (Å²) in [5, 5.41) is 15.6. The van der Waals surface area contributed by atoms with Crippen molar-refractivity contribution in [3.63, 3.8) is 0 Å². The number of hydrogen-bond acceptors (Lipinski definition) is 6. The maximum absolute atomic E-state index is 12.8. The second-order valence-electron chi connectivity index (χ2n) is 7.85. The van der Waals surface area contributed by atoms with Crippen LogP contribution < -0.4 is 5.32 Å². The second kappa shape index (κ2) is 6.68. The minimum atomic E-state index is -3.53. The van der Waals surface area contributed by atoms with Crippen molar-refractivity contribution in [3.8, 4) is 21.8 Å². The molecule has 29 heavy (non-hydrogen) atoms. The molecule has 0 saturated carbocycles. The Labute approximate surface area is 178 Å². The summed E-state index contributed by atoms with van der Waals surface area (Å²) >= 11 is 7.97. The van der Waals surface area contributed by atoms with Crippen molar-refractivity contribution < 1.29 is 12.9 Å². The van der Waals surface area contributed by atoms with Gasteiger partial charge in [-0.05, 0) is 38.5 Å². The Morgan fingerprint density at radius 1 is 1.21 bits per heavy atom. The van der Waals surface area contributed by atoms with Gasteiger partial charge in [-0.15, -0.1) is 11.3 Å². The number of aromatic nitrogens is 1. The van der Waals surface area contributed by atoms with Crippen LogP contribution in [0.25, 0.3) is 21.8 Å². The number of amidine groups is 1. The SMILES string of the molecule is CC1(C)C(=N)N[C@](C)(c2sc(-c3cccc(-c4ccno4)c3)cc2Cl)CS1(=O)=O. The van der Waals surface area contributed by atoms with E-state index in [2.05, 4.69) is 10.5 Å². The molecule has 1 saturated heterocycles. The first-order valence-electron chi connectivity index (χ1n) is 8.94. The molecule has 3 heterocycles. The third-order valence-corrected chi connectivity index (χ3v) is 9.89. The molecule has 152 valence electrons. The Hall–Kier alpha value is -2.16. The van der Waals surface area contributed by atoms with Gasteiger partial charge in [-0.25, -0.2) is 8.42 Å². The van der Waals surface area contributed by atoms with Gasteiger partial charge in [0.15, 0.2) is 15.6 Å². The third-order valence-electron chi connectivity index (χ3n) is 5.32. The number of nitrogens with zero attached hydrogens (tertiary/aromatic N) is 1. The van der Waals surface area contributed by atoms with Gasteiger partial charge in [-0.1, -0.05) is 35.0 Å². The number of hydrogen-bond donors (Lipinski definition) is 2. The average Bonchev–Trinajstić information content (AvgIpc) is 3.30. The smallest absolute Gasteiger partial charge is 0.166 e. The van der Waals surface area contributed by atoms with Crippen molar-refractivity contribution in [1.29, 1.82) is 5.41 Å². The Bertz CT molecular complexity index is 1200. The lowest BCUT2D eigenvalue weighted by Gasteiger charge is -2.42. The van der Waals surface area contributed by atoms with E-state index < -0.39 is 20.1 Å². The predicted molar refractivity (Wildman–Crippen MR) is 116 cm³/mol. The first-order valence-corrected chi connectivity index (χ1v) is 11.8. The Morgan fingerprint density at radius 3 is 2.59 bits per heavy atom. The van der Waals surface area contributed by atoms with Gasteiger partial charge in [-0.2, -0.15) is 0 Å². The van der Waals surface area contributed by atoms with E-state index in [0.29, 0.717) is 15.7 Å². The summed E-state index contributed by atoms with van der Waals surface area (Å²) in [5.41, 5.74) is 0.863. The lowest BCUT2D eigenvalue weighted by Crippen LogP contribution is -2.63. The van der Waals surface area contributed by atoms with Crippen molar-refractivity contribution in [3.05, 3.63) is 52.5 Å². The summed E-state index contributed by atoms with van der Waals surface area (Å²) in [6.07, 6.45) is 1.59. The highest BCUT2D eigenvalue weighted by Gasteiger charge is 2.51. The zero-order valence-corrected chi connectivity index (χ0v) is 18.5. The molecular weight excluding hydrogens is 430 g/mol. The fraction of sp³-hybridized carbons (Fsp3) is 0.300. The normalized spacial score (nSPS) is 23.0. The van der Waals surface area contributed by atoms with Crippen molar-refractivity contribution in [2.24, 2.45) is 0 Å². The van der Waals surface area contributed by atoms with Gasteiger partial charge in [0.25, 0.3) is 0 Å². The molecule has 2 aromatic heterocycles. The first-order chi connectivity index (χ1) is 13.5. The van der Waals surface area contributed by atoms with Crippen LogP contribution in [0.5, 0.6) is 0 Å². The maximum Gasteiger partial charge on any atom is 0.166 e. The highest BCUT2D eigenvalue weighted by molar-refractivity contribution is 7.93. The zero-order chi connectivity index (χ0) is 21.0. The predicted octanol–water partition coefficient (Wildman–Crippen LogP) is 4.71. The van der Waals surface area contributed by atoms with Crippen LogP contribution in [-0.2, 0) is 15.4 Å². The molecule has 1 aromatic carbocycles. The molecule has 0 unspecified atom stereocenters. The van der Waals surface area contributed by atoms with E-state index in [0.717, 1.165) is 16.0 Å². The van der Waals surface area contributed by atoms with Crippen LogP contribution in [0.2, 0.25) is 5.02 Å². The number of nitrogens with one attached hydrogen (secondary N) is 2. The van der Waals surface area contributed by atoms with E-state index in [4.69, 9.17) is 21.5 Å². The summed E-state index contributed by atoms with van der Waals surface area (Å²) in [6, 6.07) is 11.4. The number of sulfone groups is 1. The highest BCUT2D eigenvalue weighted by Crippen LogP contribution is 2.44. The van der Waals surface area contributed by atoms with Crippen LogP contribution in [0, 0.1) is 5.41 Å². The van der Waals surface area contributed by atoms with Crippen LogP contribution in [-0.4, -0.2) is 29.9 Å².